The van der Waals surface area contributed by atoms with Gasteiger partial charge in [0, 0.05) is 25.6 Å². The molecule has 0 amide bonds. The molecule has 106 valence electrons. The van der Waals surface area contributed by atoms with Crippen molar-refractivity contribution >= 4 is 22.3 Å². The third-order valence-electron chi connectivity index (χ3n) is 4.24. The van der Waals surface area contributed by atoms with E-state index in [9.17, 15) is 0 Å². The van der Waals surface area contributed by atoms with E-state index in [4.69, 9.17) is 10.5 Å². The summed E-state index contributed by atoms with van der Waals surface area (Å²) < 4.78 is 5.68. The van der Waals surface area contributed by atoms with Gasteiger partial charge in [-0.25, -0.2) is 0 Å². The van der Waals surface area contributed by atoms with E-state index in [1.54, 1.807) is 13.3 Å². The topological polar surface area (TPSA) is 51.4 Å². The van der Waals surface area contributed by atoms with Crippen LogP contribution in [0.1, 0.15) is 19.8 Å². The van der Waals surface area contributed by atoms with Crippen LogP contribution in [0.5, 0.6) is 0 Å². The molecule has 1 saturated heterocycles. The number of hydrogen-bond acceptors (Lipinski definition) is 4. The first-order valence-corrected chi connectivity index (χ1v) is 7.06. The molecular weight excluding hydrogens is 250 g/mol. The molecule has 0 spiro atoms. The van der Waals surface area contributed by atoms with Gasteiger partial charge in [-0.1, -0.05) is 18.2 Å². The van der Waals surface area contributed by atoms with Crippen molar-refractivity contribution < 1.29 is 4.74 Å². The fourth-order valence-corrected chi connectivity index (χ4v) is 3.06. The summed E-state index contributed by atoms with van der Waals surface area (Å²) in [5.41, 5.74) is 8.92. The maximum Gasteiger partial charge on any atom is 0.0825 e. The number of hydrogen-bond donors (Lipinski definition) is 1. The summed E-state index contributed by atoms with van der Waals surface area (Å²) in [6, 6.07) is 8.15. The number of nitrogen functional groups attached to an aromatic ring is 1. The first-order valence-electron chi connectivity index (χ1n) is 7.06. The second kappa shape index (κ2) is 4.94. The highest BCUT2D eigenvalue weighted by Crippen LogP contribution is 2.35. The molecule has 3 rings (SSSR count). The highest BCUT2D eigenvalue weighted by atomic mass is 16.5. The molecule has 1 aromatic carbocycles. The monoisotopic (exact) mass is 271 g/mol. The Balaban J connectivity index is 2.07. The van der Waals surface area contributed by atoms with Gasteiger partial charge in [0.2, 0.25) is 0 Å². The number of rotatable bonds is 2. The highest BCUT2D eigenvalue weighted by Gasteiger charge is 2.32. The minimum Gasteiger partial charge on any atom is -0.396 e. The molecule has 4 heteroatoms. The minimum atomic E-state index is -0.102. The van der Waals surface area contributed by atoms with Crippen LogP contribution >= 0.6 is 0 Å². The molecule has 1 aliphatic rings. The lowest BCUT2D eigenvalue weighted by atomic mass is 9.94. The number of nitrogens with two attached hydrogens (primary N) is 1. The van der Waals surface area contributed by atoms with Gasteiger partial charge in [0.1, 0.15) is 0 Å². The molecule has 0 saturated carbocycles. The number of ether oxygens (including phenoxy) is 1. The Morgan fingerprint density at radius 3 is 2.95 bits per heavy atom. The first kappa shape index (κ1) is 13.2. The lowest BCUT2D eigenvalue weighted by molar-refractivity contribution is -0.00456. The van der Waals surface area contributed by atoms with Crippen LogP contribution in [0.15, 0.2) is 30.5 Å². The fourth-order valence-electron chi connectivity index (χ4n) is 3.06. The number of piperidine rings is 1. The molecule has 1 aliphatic heterocycles. The smallest absolute Gasteiger partial charge is 0.0825 e. The normalized spacial score (nSPS) is 23.2. The van der Waals surface area contributed by atoms with E-state index < -0.39 is 0 Å². The zero-order chi connectivity index (χ0) is 14.2. The maximum atomic E-state index is 6.20. The Hall–Kier alpha value is -1.81. The fraction of sp³-hybridized carbons (Fsp3) is 0.438. The number of benzene rings is 1. The second-order valence-corrected chi connectivity index (χ2v) is 5.76. The minimum absolute atomic E-state index is 0.102. The van der Waals surface area contributed by atoms with Crippen LogP contribution < -0.4 is 10.6 Å². The van der Waals surface area contributed by atoms with Crippen LogP contribution in [0, 0.1) is 0 Å². The predicted molar refractivity (Wildman–Crippen MR) is 83.0 cm³/mol. The zero-order valence-electron chi connectivity index (χ0n) is 12.1. The largest absolute Gasteiger partial charge is 0.396 e. The van der Waals surface area contributed by atoms with Gasteiger partial charge in [-0.3, -0.25) is 4.98 Å². The van der Waals surface area contributed by atoms with Gasteiger partial charge in [-0.05, 0) is 25.8 Å². The molecule has 1 fully saturated rings. The van der Waals surface area contributed by atoms with Gasteiger partial charge in [0.25, 0.3) is 0 Å². The molecule has 1 unspecified atom stereocenters. The van der Waals surface area contributed by atoms with Crippen molar-refractivity contribution in [2.45, 2.75) is 25.4 Å². The number of para-hydroxylation sites is 1. The van der Waals surface area contributed by atoms with Gasteiger partial charge in [-0.2, -0.15) is 0 Å². The van der Waals surface area contributed by atoms with E-state index in [0.717, 1.165) is 48.2 Å². The van der Waals surface area contributed by atoms with Crippen LogP contribution in [0.4, 0.5) is 11.4 Å². The van der Waals surface area contributed by atoms with Crippen LogP contribution in [0.25, 0.3) is 10.9 Å². The number of methoxy groups -OCH3 is 1. The van der Waals surface area contributed by atoms with E-state index >= 15 is 0 Å². The lowest BCUT2D eigenvalue weighted by Crippen LogP contribution is -2.47. The van der Waals surface area contributed by atoms with E-state index in [1.165, 1.54) is 0 Å². The Labute approximate surface area is 119 Å². The van der Waals surface area contributed by atoms with Crippen molar-refractivity contribution in [1.29, 1.82) is 0 Å². The van der Waals surface area contributed by atoms with Crippen molar-refractivity contribution in [2.24, 2.45) is 0 Å². The molecule has 4 nitrogen and oxygen atoms in total. The number of anilines is 2. The molecule has 1 atom stereocenters. The lowest BCUT2D eigenvalue weighted by Gasteiger charge is -2.41. The van der Waals surface area contributed by atoms with E-state index in [0.29, 0.717) is 0 Å². The molecule has 2 aromatic rings. The van der Waals surface area contributed by atoms with Gasteiger partial charge in [0.05, 0.1) is 28.7 Å². The van der Waals surface area contributed by atoms with Crippen LogP contribution in [0.2, 0.25) is 0 Å². The summed E-state index contributed by atoms with van der Waals surface area (Å²) in [7, 11) is 1.79. The van der Waals surface area contributed by atoms with Gasteiger partial charge >= 0.3 is 0 Å². The van der Waals surface area contributed by atoms with Gasteiger partial charge < -0.3 is 15.4 Å². The predicted octanol–water partition coefficient (Wildman–Crippen LogP) is 2.82. The second-order valence-electron chi connectivity index (χ2n) is 5.76. The molecule has 2 heterocycles. The zero-order valence-corrected chi connectivity index (χ0v) is 12.1. The summed E-state index contributed by atoms with van der Waals surface area (Å²) in [4.78, 5) is 6.75. The number of nitrogens with zero attached hydrogens (tertiary/aromatic N) is 2. The Morgan fingerprint density at radius 1 is 1.35 bits per heavy atom. The molecule has 0 radical (unpaired) electrons. The van der Waals surface area contributed by atoms with E-state index in [2.05, 4.69) is 22.9 Å². The van der Waals surface area contributed by atoms with Crippen molar-refractivity contribution in [3.63, 3.8) is 0 Å². The molecule has 0 aliphatic carbocycles. The molecule has 0 bridgehead atoms. The third kappa shape index (κ3) is 2.20. The van der Waals surface area contributed by atoms with Crippen LogP contribution in [0.3, 0.4) is 0 Å². The summed E-state index contributed by atoms with van der Waals surface area (Å²) in [5, 5.41) is 1.12. The average Bonchev–Trinajstić information content (AvgIpc) is 2.47. The standard InChI is InChI=1S/C16H21N3O/c1-16(20-2)8-5-9-19(11-16)15-12-6-3-4-7-14(12)18-10-13(15)17/h3-4,6-7,10H,5,8-9,11,17H2,1-2H3. The highest BCUT2D eigenvalue weighted by molar-refractivity contribution is 5.97. The Kier molecular flexibility index (Phi) is 3.26. The van der Waals surface area contributed by atoms with Gasteiger partial charge in [-0.15, -0.1) is 0 Å². The van der Waals surface area contributed by atoms with Crippen LogP contribution in [-0.2, 0) is 4.74 Å². The van der Waals surface area contributed by atoms with Crippen molar-refractivity contribution in [2.75, 3.05) is 30.8 Å². The number of pyridine rings is 1. The quantitative estimate of drug-likeness (QED) is 0.912. The van der Waals surface area contributed by atoms with Crippen molar-refractivity contribution in [3.8, 4) is 0 Å². The van der Waals surface area contributed by atoms with Crippen molar-refractivity contribution in [3.05, 3.63) is 30.5 Å². The summed E-state index contributed by atoms with van der Waals surface area (Å²) in [5.74, 6) is 0. The molecule has 2 N–H and O–H groups in total. The summed E-state index contributed by atoms with van der Waals surface area (Å²) in [6.07, 6.45) is 3.96. The maximum absolute atomic E-state index is 6.20. The number of aromatic nitrogens is 1. The first-order chi connectivity index (χ1) is 9.63. The van der Waals surface area contributed by atoms with Gasteiger partial charge in [0.15, 0.2) is 0 Å². The van der Waals surface area contributed by atoms with Crippen LogP contribution in [-0.4, -0.2) is 30.8 Å². The average molecular weight is 271 g/mol. The summed E-state index contributed by atoms with van der Waals surface area (Å²) >= 11 is 0. The van der Waals surface area contributed by atoms with E-state index in [1.807, 2.05) is 18.2 Å². The van der Waals surface area contributed by atoms with E-state index in [-0.39, 0.29) is 5.60 Å². The Morgan fingerprint density at radius 2 is 2.15 bits per heavy atom. The SMILES string of the molecule is COC1(C)CCCN(c2c(N)cnc3ccccc23)C1. The van der Waals surface area contributed by atoms with Crippen molar-refractivity contribution in [1.82, 2.24) is 4.98 Å². The molecule has 1 aromatic heterocycles. The number of fused-ring (bicyclic) bond motifs is 1. The molecular formula is C16H21N3O. The summed E-state index contributed by atoms with van der Waals surface area (Å²) in [6.45, 7) is 4.04. The Bertz CT molecular complexity index is 628. The molecule has 20 heavy (non-hydrogen) atoms. The third-order valence-corrected chi connectivity index (χ3v) is 4.24.